The number of rotatable bonds is 6. The topological polar surface area (TPSA) is 85.6 Å². The highest BCUT2D eigenvalue weighted by Crippen LogP contribution is 2.31. The van der Waals surface area contributed by atoms with Crippen molar-refractivity contribution < 1.29 is 14.3 Å². The van der Waals surface area contributed by atoms with Crippen LogP contribution in [-0.4, -0.2) is 38.6 Å². The Kier molecular flexibility index (Phi) is 5.45. The number of benzene rings is 1. The highest BCUT2D eigenvalue weighted by atomic mass is 16.5. The highest BCUT2D eigenvalue weighted by molar-refractivity contribution is 5.92. The molecule has 1 aromatic carbocycles. The maximum atomic E-state index is 12.8. The molecule has 0 radical (unpaired) electrons. The summed E-state index contributed by atoms with van der Waals surface area (Å²) in [6.07, 6.45) is 3.96. The molecule has 0 spiro atoms. The molecule has 1 N–H and O–H groups in total. The number of ether oxygens (including phenoxy) is 1. The standard InChI is InChI=1S/C23H28N4O3/c1-4-30-22(29)23(13-7-8-14-23)25-20(28)12-11-17-15(2)24-21-18-9-5-6-10-19(18)26-27(21)16(17)3/h5-6,9-10H,4,7-8,11-14H2,1-3H3,(H,25,28). The number of aryl methyl sites for hydroxylation is 2. The minimum Gasteiger partial charge on any atom is -0.464 e. The second kappa shape index (κ2) is 8.05. The summed E-state index contributed by atoms with van der Waals surface area (Å²) in [5.41, 5.74) is 3.78. The van der Waals surface area contributed by atoms with Crippen LogP contribution in [0, 0.1) is 13.8 Å². The van der Waals surface area contributed by atoms with Gasteiger partial charge in [0, 0.05) is 23.2 Å². The van der Waals surface area contributed by atoms with Gasteiger partial charge < -0.3 is 10.1 Å². The van der Waals surface area contributed by atoms with E-state index in [2.05, 4.69) is 10.4 Å². The number of aromatic nitrogens is 3. The normalized spacial score (nSPS) is 15.6. The molecule has 30 heavy (non-hydrogen) atoms. The fourth-order valence-electron chi connectivity index (χ4n) is 4.53. The zero-order valence-electron chi connectivity index (χ0n) is 17.8. The quantitative estimate of drug-likeness (QED) is 0.632. The molecule has 2 aromatic heterocycles. The molecule has 0 unspecified atom stereocenters. The van der Waals surface area contributed by atoms with Crippen LogP contribution in [-0.2, 0) is 20.7 Å². The summed E-state index contributed by atoms with van der Waals surface area (Å²) in [6.45, 7) is 6.09. The Morgan fingerprint density at radius 3 is 2.67 bits per heavy atom. The van der Waals surface area contributed by atoms with Gasteiger partial charge in [0.05, 0.1) is 12.1 Å². The maximum Gasteiger partial charge on any atom is 0.331 e. The van der Waals surface area contributed by atoms with Crippen molar-refractivity contribution in [3.8, 4) is 0 Å². The number of fused-ring (bicyclic) bond motifs is 3. The molecule has 158 valence electrons. The summed E-state index contributed by atoms with van der Waals surface area (Å²) >= 11 is 0. The lowest BCUT2D eigenvalue weighted by atomic mass is 9.97. The van der Waals surface area contributed by atoms with Gasteiger partial charge in [0.15, 0.2) is 5.65 Å². The van der Waals surface area contributed by atoms with Crippen molar-refractivity contribution in [2.45, 2.75) is 64.8 Å². The van der Waals surface area contributed by atoms with Gasteiger partial charge in [-0.05, 0) is 57.7 Å². The Morgan fingerprint density at radius 1 is 1.20 bits per heavy atom. The van der Waals surface area contributed by atoms with Crippen molar-refractivity contribution in [1.82, 2.24) is 19.9 Å². The van der Waals surface area contributed by atoms with E-state index in [0.29, 0.717) is 25.9 Å². The van der Waals surface area contributed by atoms with E-state index in [1.54, 1.807) is 6.92 Å². The molecule has 0 saturated heterocycles. The molecule has 0 bridgehead atoms. The lowest BCUT2D eigenvalue weighted by Gasteiger charge is -2.27. The van der Waals surface area contributed by atoms with Gasteiger partial charge in [-0.25, -0.2) is 14.3 Å². The number of nitrogens with one attached hydrogen (secondary N) is 1. The number of esters is 1. The van der Waals surface area contributed by atoms with Crippen LogP contribution in [0.1, 0.15) is 56.0 Å². The molecule has 1 amide bonds. The third kappa shape index (κ3) is 3.53. The van der Waals surface area contributed by atoms with Crippen LogP contribution in [0.15, 0.2) is 24.3 Å². The van der Waals surface area contributed by atoms with Crippen molar-refractivity contribution in [1.29, 1.82) is 0 Å². The zero-order chi connectivity index (χ0) is 21.3. The molecular weight excluding hydrogens is 380 g/mol. The molecule has 1 aliphatic rings. The molecule has 7 nitrogen and oxygen atoms in total. The molecule has 1 saturated carbocycles. The third-order valence-electron chi connectivity index (χ3n) is 6.12. The molecule has 4 rings (SSSR count). The van der Waals surface area contributed by atoms with Gasteiger partial charge in [0.2, 0.25) is 5.91 Å². The van der Waals surface area contributed by atoms with Crippen molar-refractivity contribution >= 4 is 28.4 Å². The fraction of sp³-hybridized carbons (Fsp3) is 0.478. The lowest BCUT2D eigenvalue weighted by Crippen LogP contribution is -2.53. The summed E-state index contributed by atoms with van der Waals surface area (Å²) in [7, 11) is 0. The van der Waals surface area contributed by atoms with Crippen LogP contribution >= 0.6 is 0 Å². The van der Waals surface area contributed by atoms with Crippen molar-refractivity contribution in [2.75, 3.05) is 6.61 Å². The van der Waals surface area contributed by atoms with E-state index in [1.807, 2.05) is 42.6 Å². The first-order valence-electron chi connectivity index (χ1n) is 10.7. The van der Waals surface area contributed by atoms with E-state index in [4.69, 9.17) is 9.72 Å². The Balaban J connectivity index is 1.54. The zero-order valence-corrected chi connectivity index (χ0v) is 17.8. The van der Waals surface area contributed by atoms with E-state index in [0.717, 1.165) is 46.3 Å². The monoisotopic (exact) mass is 408 g/mol. The van der Waals surface area contributed by atoms with Crippen molar-refractivity contribution in [3.63, 3.8) is 0 Å². The van der Waals surface area contributed by atoms with E-state index >= 15 is 0 Å². The van der Waals surface area contributed by atoms with Crippen LogP contribution in [0.4, 0.5) is 0 Å². The second-order valence-electron chi connectivity index (χ2n) is 8.07. The Morgan fingerprint density at radius 2 is 1.93 bits per heavy atom. The van der Waals surface area contributed by atoms with Crippen LogP contribution in [0.3, 0.4) is 0 Å². The van der Waals surface area contributed by atoms with Gasteiger partial charge in [-0.1, -0.05) is 25.0 Å². The smallest absolute Gasteiger partial charge is 0.331 e. The van der Waals surface area contributed by atoms with E-state index in [9.17, 15) is 9.59 Å². The number of hydrogen-bond acceptors (Lipinski definition) is 5. The molecule has 3 aromatic rings. The third-order valence-corrected chi connectivity index (χ3v) is 6.12. The van der Waals surface area contributed by atoms with Crippen molar-refractivity contribution in [3.05, 3.63) is 41.2 Å². The average Bonchev–Trinajstić information content (AvgIpc) is 3.34. The molecule has 0 aliphatic heterocycles. The van der Waals surface area contributed by atoms with Crippen LogP contribution in [0.25, 0.3) is 16.6 Å². The van der Waals surface area contributed by atoms with Gasteiger partial charge in [-0.15, -0.1) is 0 Å². The number of carbonyl (C=O) groups is 2. The van der Waals surface area contributed by atoms with Crippen molar-refractivity contribution in [2.24, 2.45) is 0 Å². The van der Waals surface area contributed by atoms with E-state index in [-0.39, 0.29) is 18.3 Å². The average molecular weight is 409 g/mol. The minimum atomic E-state index is -0.862. The molecule has 1 fully saturated rings. The molecular formula is C23H28N4O3. The van der Waals surface area contributed by atoms with Crippen LogP contribution in [0.5, 0.6) is 0 Å². The first-order chi connectivity index (χ1) is 14.4. The minimum absolute atomic E-state index is 0.130. The first kappa shape index (κ1) is 20.3. The SMILES string of the molecule is CCOC(=O)C1(NC(=O)CCc2c(C)nc3c4ccccc4nn3c2C)CCCC1. The van der Waals surface area contributed by atoms with Gasteiger partial charge in [0.1, 0.15) is 5.54 Å². The van der Waals surface area contributed by atoms with Gasteiger partial charge >= 0.3 is 5.97 Å². The number of carbonyl (C=O) groups excluding carboxylic acids is 2. The molecule has 7 heteroatoms. The Hall–Kier alpha value is -2.96. The largest absolute Gasteiger partial charge is 0.464 e. The summed E-state index contributed by atoms with van der Waals surface area (Å²) in [5.74, 6) is -0.441. The second-order valence-corrected chi connectivity index (χ2v) is 8.07. The van der Waals surface area contributed by atoms with Gasteiger partial charge in [-0.3, -0.25) is 4.79 Å². The predicted molar refractivity (Wildman–Crippen MR) is 114 cm³/mol. The van der Waals surface area contributed by atoms with Gasteiger partial charge in [0.25, 0.3) is 0 Å². The summed E-state index contributed by atoms with van der Waals surface area (Å²) in [5, 5.41) is 8.68. The number of hydrogen-bond donors (Lipinski definition) is 1. The summed E-state index contributed by atoms with van der Waals surface area (Å²) < 4.78 is 7.10. The molecule has 2 heterocycles. The predicted octanol–water partition coefficient (Wildman–Crippen LogP) is 3.42. The number of nitrogens with zero attached hydrogens (tertiary/aromatic N) is 3. The Labute approximate surface area is 175 Å². The fourth-order valence-corrected chi connectivity index (χ4v) is 4.53. The van der Waals surface area contributed by atoms with Crippen LogP contribution < -0.4 is 5.32 Å². The molecule has 1 aliphatic carbocycles. The van der Waals surface area contributed by atoms with Crippen LogP contribution in [0.2, 0.25) is 0 Å². The molecule has 0 atom stereocenters. The summed E-state index contributed by atoms with van der Waals surface area (Å²) in [6, 6.07) is 7.94. The first-order valence-corrected chi connectivity index (χ1v) is 10.7. The Bertz CT molecular complexity index is 1110. The maximum absolute atomic E-state index is 12.8. The van der Waals surface area contributed by atoms with E-state index in [1.165, 1.54) is 0 Å². The lowest BCUT2D eigenvalue weighted by molar-refractivity contribution is -0.153. The number of amides is 1. The highest BCUT2D eigenvalue weighted by Gasteiger charge is 2.43. The summed E-state index contributed by atoms with van der Waals surface area (Å²) in [4.78, 5) is 30.0. The van der Waals surface area contributed by atoms with E-state index < -0.39 is 5.54 Å². The van der Waals surface area contributed by atoms with Gasteiger partial charge in [-0.2, -0.15) is 5.10 Å².